The molecule has 0 aliphatic carbocycles. The van der Waals surface area contributed by atoms with Gasteiger partial charge in [-0.3, -0.25) is 0 Å². The molecule has 0 amide bonds. The Labute approximate surface area is 94.6 Å². The first-order valence-electron chi connectivity index (χ1n) is 4.99. The summed E-state index contributed by atoms with van der Waals surface area (Å²) in [6.45, 7) is 7.25. The van der Waals surface area contributed by atoms with E-state index in [2.05, 4.69) is 23.8 Å². The molecule has 0 aliphatic heterocycles. The van der Waals surface area contributed by atoms with Gasteiger partial charge in [-0.1, -0.05) is 13.8 Å². The Morgan fingerprint density at radius 2 is 2.20 bits per heavy atom. The molecule has 0 fully saturated rings. The van der Waals surface area contributed by atoms with Crippen molar-refractivity contribution in [2.24, 2.45) is 0 Å². The van der Waals surface area contributed by atoms with Gasteiger partial charge in [0, 0.05) is 17.9 Å². The predicted octanol–water partition coefficient (Wildman–Crippen LogP) is 2.10. The van der Waals surface area contributed by atoms with E-state index < -0.39 is 0 Å². The first kappa shape index (κ1) is 12.3. The van der Waals surface area contributed by atoms with Crippen molar-refractivity contribution >= 4 is 17.6 Å². The van der Waals surface area contributed by atoms with E-state index in [1.54, 1.807) is 17.8 Å². The van der Waals surface area contributed by atoms with Crippen LogP contribution < -0.4 is 5.73 Å². The van der Waals surface area contributed by atoms with Crippen LogP contribution in [0.1, 0.15) is 26.6 Å². The highest BCUT2D eigenvalue weighted by molar-refractivity contribution is 7.99. The van der Waals surface area contributed by atoms with Gasteiger partial charge in [0.05, 0.1) is 0 Å². The molecule has 0 saturated heterocycles. The number of rotatable bonds is 5. The van der Waals surface area contributed by atoms with Gasteiger partial charge in [-0.15, -0.1) is 11.8 Å². The van der Waals surface area contributed by atoms with Gasteiger partial charge < -0.3 is 10.5 Å². The molecule has 0 saturated carbocycles. The van der Waals surface area contributed by atoms with Gasteiger partial charge in [-0.2, -0.15) is 0 Å². The number of ether oxygens (including phenoxy) is 1. The highest BCUT2D eigenvalue weighted by Crippen LogP contribution is 2.21. The first-order chi connectivity index (χ1) is 7.11. The second kappa shape index (κ2) is 5.92. The van der Waals surface area contributed by atoms with E-state index in [9.17, 15) is 0 Å². The molecule has 0 bridgehead atoms. The molecule has 84 valence electrons. The van der Waals surface area contributed by atoms with Gasteiger partial charge >= 0.3 is 0 Å². The van der Waals surface area contributed by atoms with E-state index in [1.807, 2.05) is 6.92 Å². The normalized spacial score (nSPS) is 10.9. The van der Waals surface area contributed by atoms with E-state index >= 15 is 0 Å². The summed E-state index contributed by atoms with van der Waals surface area (Å²) >= 11 is 1.67. The molecule has 1 aromatic heterocycles. The van der Waals surface area contributed by atoms with Crippen LogP contribution in [0.2, 0.25) is 0 Å². The fourth-order valence-electron chi connectivity index (χ4n) is 1.05. The molecule has 0 aliphatic rings. The zero-order chi connectivity index (χ0) is 11.3. The molecule has 0 spiro atoms. The van der Waals surface area contributed by atoms with Crippen LogP contribution in [0.5, 0.6) is 0 Å². The van der Waals surface area contributed by atoms with Crippen molar-refractivity contribution in [2.45, 2.75) is 37.7 Å². The largest absolute Gasteiger partial charge is 0.384 e. The van der Waals surface area contributed by atoms with Crippen molar-refractivity contribution in [1.82, 2.24) is 9.97 Å². The lowest BCUT2D eigenvalue weighted by atomic mass is 10.5. The molecular formula is C10H17N3OS. The van der Waals surface area contributed by atoms with Gasteiger partial charge in [-0.05, 0) is 6.92 Å². The summed E-state index contributed by atoms with van der Waals surface area (Å²) in [7, 11) is 0. The maximum absolute atomic E-state index is 5.69. The number of aromatic nitrogens is 2. The van der Waals surface area contributed by atoms with Gasteiger partial charge in [0.25, 0.3) is 0 Å². The van der Waals surface area contributed by atoms with E-state index in [-0.39, 0.29) is 0 Å². The summed E-state index contributed by atoms with van der Waals surface area (Å²) in [5.41, 5.74) is 5.69. The maximum Gasteiger partial charge on any atom is 0.157 e. The summed E-state index contributed by atoms with van der Waals surface area (Å²) in [5, 5.41) is 1.39. The van der Waals surface area contributed by atoms with Gasteiger partial charge in [0.1, 0.15) is 17.5 Å². The molecule has 15 heavy (non-hydrogen) atoms. The van der Waals surface area contributed by atoms with Crippen LogP contribution in [0.4, 0.5) is 5.82 Å². The molecule has 1 rings (SSSR count). The van der Waals surface area contributed by atoms with Crippen LogP contribution in [0.3, 0.4) is 0 Å². The van der Waals surface area contributed by atoms with Crippen LogP contribution in [-0.4, -0.2) is 21.8 Å². The van der Waals surface area contributed by atoms with Crippen molar-refractivity contribution in [3.8, 4) is 0 Å². The first-order valence-corrected chi connectivity index (χ1v) is 5.87. The fraction of sp³-hybridized carbons (Fsp3) is 0.600. The third kappa shape index (κ3) is 4.48. The second-order valence-electron chi connectivity index (χ2n) is 3.35. The van der Waals surface area contributed by atoms with Crippen LogP contribution in [0, 0.1) is 0 Å². The summed E-state index contributed by atoms with van der Waals surface area (Å²) < 4.78 is 5.24. The Kier molecular flexibility index (Phi) is 4.84. The Morgan fingerprint density at radius 3 is 2.80 bits per heavy atom. The minimum absolute atomic E-state index is 0.424. The molecule has 0 unspecified atom stereocenters. The molecule has 1 heterocycles. The number of thioether (sulfide) groups is 1. The number of hydrogen-bond acceptors (Lipinski definition) is 5. The lowest BCUT2D eigenvalue weighted by Gasteiger charge is -2.07. The predicted molar refractivity (Wildman–Crippen MR) is 62.8 cm³/mol. The van der Waals surface area contributed by atoms with Crippen molar-refractivity contribution in [2.75, 3.05) is 12.3 Å². The maximum atomic E-state index is 5.69. The van der Waals surface area contributed by atoms with Crippen molar-refractivity contribution in [1.29, 1.82) is 0 Å². The Bertz CT molecular complexity index is 318. The summed E-state index contributed by atoms with van der Waals surface area (Å²) in [6.07, 6.45) is 0. The van der Waals surface area contributed by atoms with Crippen LogP contribution in [0.25, 0.3) is 0 Å². The molecule has 2 N–H and O–H groups in total. The van der Waals surface area contributed by atoms with Crippen LogP contribution >= 0.6 is 11.8 Å². The zero-order valence-corrected chi connectivity index (χ0v) is 10.2. The zero-order valence-electron chi connectivity index (χ0n) is 9.36. The van der Waals surface area contributed by atoms with Crippen LogP contribution in [0.15, 0.2) is 11.1 Å². The monoisotopic (exact) mass is 227 g/mol. The van der Waals surface area contributed by atoms with Crippen molar-refractivity contribution < 1.29 is 4.74 Å². The standard InChI is InChI=1S/C10H17N3OS/c1-4-14-6-9-12-8(11)5-10(13-9)15-7(2)3/h5,7H,4,6H2,1-3H3,(H2,11,12,13). The number of nitrogens with zero attached hydrogens (tertiary/aromatic N) is 2. The lowest BCUT2D eigenvalue weighted by Crippen LogP contribution is -2.04. The van der Waals surface area contributed by atoms with E-state index in [0.717, 1.165) is 5.03 Å². The van der Waals surface area contributed by atoms with Gasteiger partial charge in [-0.25, -0.2) is 9.97 Å². The number of hydrogen-bond donors (Lipinski definition) is 1. The fourth-order valence-corrected chi connectivity index (χ4v) is 1.88. The lowest BCUT2D eigenvalue weighted by molar-refractivity contribution is 0.128. The molecule has 0 atom stereocenters. The minimum atomic E-state index is 0.424. The second-order valence-corrected chi connectivity index (χ2v) is 4.95. The van der Waals surface area contributed by atoms with E-state index in [4.69, 9.17) is 10.5 Å². The average molecular weight is 227 g/mol. The Balaban J connectivity index is 2.75. The van der Waals surface area contributed by atoms with E-state index in [1.165, 1.54) is 0 Å². The summed E-state index contributed by atoms with van der Waals surface area (Å²) in [4.78, 5) is 8.47. The third-order valence-electron chi connectivity index (χ3n) is 1.56. The molecule has 5 heteroatoms. The minimum Gasteiger partial charge on any atom is -0.384 e. The van der Waals surface area contributed by atoms with Gasteiger partial charge in [0.15, 0.2) is 5.82 Å². The molecule has 0 aromatic carbocycles. The summed E-state index contributed by atoms with van der Waals surface area (Å²) in [5.74, 6) is 1.16. The number of anilines is 1. The summed E-state index contributed by atoms with van der Waals surface area (Å²) in [6, 6.07) is 1.79. The number of nitrogens with two attached hydrogens (primary N) is 1. The van der Waals surface area contributed by atoms with Gasteiger partial charge in [0.2, 0.25) is 0 Å². The topological polar surface area (TPSA) is 61.0 Å². The smallest absolute Gasteiger partial charge is 0.157 e. The van der Waals surface area contributed by atoms with E-state index in [0.29, 0.717) is 30.1 Å². The molecule has 4 nitrogen and oxygen atoms in total. The Morgan fingerprint density at radius 1 is 1.47 bits per heavy atom. The van der Waals surface area contributed by atoms with Crippen molar-refractivity contribution in [3.63, 3.8) is 0 Å². The van der Waals surface area contributed by atoms with Crippen LogP contribution in [-0.2, 0) is 11.3 Å². The van der Waals surface area contributed by atoms with Crippen molar-refractivity contribution in [3.05, 3.63) is 11.9 Å². The number of nitrogen functional groups attached to an aromatic ring is 1. The molecule has 0 radical (unpaired) electrons. The highest BCUT2D eigenvalue weighted by atomic mass is 32.2. The molecule has 1 aromatic rings. The average Bonchev–Trinajstić information content (AvgIpc) is 2.12. The SMILES string of the molecule is CCOCc1nc(N)cc(SC(C)C)n1. The Hall–Kier alpha value is -0.810. The molecular weight excluding hydrogens is 210 g/mol. The quantitative estimate of drug-likeness (QED) is 0.616. The highest BCUT2D eigenvalue weighted by Gasteiger charge is 2.05. The third-order valence-corrected chi connectivity index (χ3v) is 2.48.